The third-order valence-electron chi connectivity index (χ3n) is 3.55. The summed E-state index contributed by atoms with van der Waals surface area (Å²) in [5.41, 5.74) is 1.93. The number of H-pyrrole nitrogens is 1. The number of nitrogens with one attached hydrogen (secondary N) is 1. The van der Waals surface area contributed by atoms with Crippen molar-refractivity contribution in [3.63, 3.8) is 0 Å². The second-order valence-electron chi connectivity index (χ2n) is 5.20. The van der Waals surface area contributed by atoms with Crippen molar-refractivity contribution >= 4 is 34.3 Å². The van der Waals surface area contributed by atoms with E-state index in [-0.39, 0.29) is 0 Å². The fourth-order valence-electron chi connectivity index (χ4n) is 2.24. The molecule has 1 N–H and O–H groups in total. The van der Waals surface area contributed by atoms with Crippen molar-refractivity contribution in [2.45, 2.75) is 29.7 Å². The van der Waals surface area contributed by atoms with Gasteiger partial charge in [0.25, 0.3) is 0 Å². The van der Waals surface area contributed by atoms with E-state index < -0.39 is 0 Å². The van der Waals surface area contributed by atoms with Crippen molar-refractivity contribution in [1.82, 2.24) is 20.2 Å². The number of para-hydroxylation sites is 1. The minimum absolute atomic E-state index is 0.555. The fourth-order valence-corrected chi connectivity index (χ4v) is 3.31. The number of aromatic nitrogens is 4. The van der Waals surface area contributed by atoms with Crippen molar-refractivity contribution in [2.75, 3.05) is 0 Å². The molecule has 0 amide bonds. The summed E-state index contributed by atoms with van der Waals surface area (Å²) in [5.74, 6) is 2.33. The molecule has 1 fully saturated rings. The van der Waals surface area contributed by atoms with E-state index in [1.807, 2.05) is 24.3 Å². The van der Waals surface area contributed by atoms with E-state index >= 15 is 0 Å². The van der Waals surface area contributed by atoms with Crippen LogP contribution in [0, 0.1) is 0 Å². The molecule has 2 aromatic heterocycles. The molecular weight excluding hydrogens is 304 g/mol. The second kappa shape index (κ2) is 5.31. The van der Waals surface area contributed by atoms with E-state index in [0.717, 1.165) is 33.2 Å². The Hall–Kier alpha value is -1.59. The Kier molecular flexibility index (Phi) is 3.31. The summed E-state index contributed by atoms with van der Waals surface area (Å²) in [7, 11) is 0. The molecule has 2 heterocycles. The maximum atomic E-state index is 6.26. The number of thioether (sulfide) groups is 1. The fraction of sp³-hybridized carbons (Fsp3) is 0.267. The van der Waals surface area contributed by atoms with Gasteiger partial charge in [-0.15, -0.1) is 5.10 Å². The van der Waals surface area contributed by atoms with Gasteiger partial charge in [0.15, 0.2) is 0 Å². The Morgan fingerprint density at radius 2 is 2.10 bits per heavy atom. The van der Waals surface area contributed by atoms with Crippen LogP contribution < -0.4 is 0 Å². The molecule has 0 unspecified atom stereocenters. The topological polar surface area (TPSA) is 54.5 Å². The van der Waals surface area contributed by atoms with Crippen LogP contribution in [0.25, 0.3) is 10.9 Å². The van der Waals surface area contributed by atoms with Crippen molar-refractivity contribution in [2.24, 2.45) is 0 Å². The van der Waals surface area contributed by atoms with Gasteiger partial charge in [0.1, 0.15) is 11.0 Å². The lowest BCUT2D eigenvalue weighted by Crippen LogP contribution is -1.89. The summed E-state index contributed by atoms with van der Waals surface area (Å²) >= 11 is 7.85. The highest BCUT2D eigenvalue weighted by Crippen LogP contribution is 2.38. The van der Waals surface area contributed by atoms with E-state index in [2.05, 4.69) is 26.2 Å². The lowest BCUT2D eigenvalue weighted by Gasteiger charge is -2.04. The molecule has 0 bridgehead atoms. The molecule has 3 aromatic rings. The van der Waals surface area contributed by atoms with Crippen LogP contribution in [-0.2, 0) is 5.75 Å². The molecule has 1 aromatic carbocycles. The Labute approximate surface area is 131 Å². The summed E-state index contributed by atoms with van der Waals surface area (Å²) in [5, 5.41) is 9.70. The van der Waals surface area contributed by atoms with Gasteiger partial charge in [0, 0.05) is 22.6 Å². The van der Waals surface area contributed by atoms with Gasteiger partial charge in [-0.3, -0.25) is 5.10 Å². The zero-order valence-electron chi connectivity index (χ0n) is 11.2. The van der Waals surface area contributed by atoms with Crippen molar-refractivity contribution in [1.29, 1.82) is 0 Å². The third kappa shape index (κ3) is 2.76. The van der Waals surface area contributed by atoms with Gasteiger partial charge in [-0.1, -0.05) is 41.6 Å². The lowest BCUT2D eigenvalue weighted by atomic mass is 10.2. The van der Waals surface area contributed by atoms with Crippen LogP contribution in [0.2, 0.25) is 5.15 Å². The predicted molar refractivity (Wildman–Crippen MR) is 84.7 cm³/mol. The van der Waals surface area contributed by atoms with Gasteiger partial charge >= 0.3 is 0 Å². The number of aromatic amines is 1. The standard InChI is InChI=1S/C15H13ClN4S/c16-13-11(7-10-3-1-2-4-12(10)17-13)8-21-15-18-14(19-20-15)9-5-6-9/h1-4,7,9H,5-6,8H2,(H,18,19,20). The van der Waals surface area contributed by atoms with Crippen molar-refractivity contribution < 1.29 is 0 Å². The van der Waals surface area contributed by atoms with E-state index in [4.69, 9.17) is 11.6 Å². The SMILES string of the molecule is Clc1nc2ccccc2cc1CSc1n[nH]c(C2CC2)n1. The summed E-state index contributed by atoms with van der Waals surface area (Å²) in [4.78, 5) is 8.95. The minimum Gasteiger partial charge on any atom is -0.262 e. The number of rotatable bonds is 4. The Morgan fingerprint density at radius 3 is 2.95 bits per heavy atom. The normalized spacial score (nSPS) is 14.7. The van der Waals surface area contributed by atoms with Gasteiger partial charge in [-0.05, 0) is 25.0 Å². The van der Waals surface area contributed by atoms with Crippen LogP contribution in [0.3, 0.4) is 0 Å². The predicted octanol–water partition coefficient (Wildman–Crippen LogP) is 4.18. The molecule has 21 heavy (non-hydrogen) atoms. The molecule has 0 atom stereocenters. The first-order valence-corrected chi connectivity index (χ1v) is 8.25. The van der Waals surface area contributed by atoms with Crippen LogP contribution in [-0.4, -0.2) is 20.2 Å². The Bertz CT molecular complexity index is 797. The minimum atomic E-state index is 0.555. The molecule has 0 saturated heterocycles. The highest BCUT2D eigenvalue weighted by Gasteiger charge is 2.27. The Morgan fingerprint density at radius 1 is 1.24 bits per heavy atom. The molecule has 0 spiro atoms. The maximum Gasteiger partial charge on any atom is 0.208 e. The number of hydrogen-bond acceptors (Lipinski definition) is 4. The van der Waals surface area contributed by atoms with Gasteiger partial charge in [0.05, 0.1) is 5.52 Å². The van der Waals surface area contributed by atoms with Gasteiger partial charge in [-0.2, -0.15) is 0 Å². The quantitative estimate of drug-likeness (QED) is 0.579. The third-order valence-corrected chi connectivity index (χ3v) is 4.78. The molecular formula is C15H13ClN4S. The lowest BCUT2D eigenvalue weighted by molar-refractivity contribution is 0.932. The Balaban J connectivity index is 1.54. The molecule has 1 aliphatic rings. The number of fused-ring (bicyclic) bond motifs is 1. The smallest absolute Gasteiger partial charge is 0.208 e. The van der Waals surface area contributed by atoms with E-state index in [1.165, 1.54) is 12.8 Å². The molecule has 4 rings (SSSR count). The average Bonchev–Trinajstić information content (AvgIpc) is 3.24. The van der Waals surface area contributed by atoms with Crippen molar-refractivity contribution in [3.8, 4) is 0 Å². The number of benzene rings is 1. The first-order valence-electron chi connectivity index (χ1n) is 6.89. The monoisotopic (exact) mass is 316 g/mol. The average molecular weight is 317 g/mol. The summed E-state index contributed by atoms with van der Waals surface area (Å²) in [6.07, 6.45) is 2.44. The molecule has 0 aliphatic heterocycles. The number of nitrogens with zero attached hydrogens (tertiary/aromatic N) is 3. The molecule has 1 aliphatic carbocycles. The summed E-state index contributed by atoms with van der Waals surface area (Å²) in [6, 6.07) is 10.1. The first-order chi connectivity index (χ1) is 10.3. The molecule has 4 nitrogen and oxygen atoms in total. The van der Waals surface area contributed by atoms with Crippen LogP contribution in [0.5, 0.6) is 0 Å². The first kappa shape index (κ1) is 13.1. The largest absolute Gasteiger partial charge is 0.262 e. The maximum absolute atomic E-state index is 6.26. The molecule has 106 valence electrons. The van der Waals surface area contributed by atoms with Crippen molar-refractivity contribution in [3.05, 3.63) is 46.9 Å². The van der Waals surface area contributed by atoms with Gasteiger partial charge in [0.2, 0.25) is 5.16 Å². The highest BCUT2D eigenvalue weighted by atomic mass is 35.5. The zero-order valence-corrected chi connectivity index (χ0v) is 12.8. The number of hydrogen-bond donors (Lipinski definition) is 1. The van der Waals surface area contributed by atoms with Gasteiger partial charge < -0.3 is 0 Å². The summed E-state index contributed by atoms with van der Waals surface area (Å²) < 4.78 is 0. The zero-order chi connectivity index (χ0) is 14.2. The number of pyridine rings is 1. The molecule has 6 heteroatoms. The van der Waals surface area contributed by atoms with E-state index in [1.54, 1.807) is 11.8 Å². The number of halogens is 1. The second-order valence-corrected chi connectivity index (χ2v) is 6.50. The summed E-state index contributed by atoms with van der Waals surface area (Å²) in [6.45, 7) is 0. The van der Waals surface area contributed by atoms with E-state index in [9.17, 15) is 0 Å². The van der Waals surface area contributed by atoms with E-state index in [0.29, 0.717) is 11.1 Å². The van der Waals surface area contributed by atoms with Crippen LogP contribution in [0.15, 0.2) is 35.5 Å². The molecule has 0 radical (unpaired) electrons. The highest BCUT2D eigenvalue weighted by molar-refractivity contribution is 7.98. The van der Waals surface area contributed by atoms with Crippen LogP contribution >= 0.6 is 23.4 Å². The van der Waals surface area contributed by atoms with Gasteiger partial charge in [-0.25, -0.2) is 9.97 Å². The van der Waals surface area contributed by atoms with Crippen LogP contribution in [0.4, 0.5) is 0 Å². The van der Waals surface area contributed by atoms with Crippen LogP contribution in [0.1, 0.15) is 30.1 Å². The molecule has 1 saturated carbocycles.